The van der Waals surface area contributed by atoms with E-state index in [0.717, 1.165) is 5.56 Å². The predicted octanol–water partition coefficient (Wildman–Crippen LogP) is 1.60. The molecule has 0 fully saturated rings. The standard InChI is InChI=1S/C13H20N2O2S/c1-9-10(14)6-5-7-11(9)18(17)8-12(16)15-13(2,3)4/h5-7H,8,14H2,1-4H3,(H,15,16). The van der Waals surface area contributed by atoms with Gasteiger partial charge in [0.05, 0.1) is 10.8 Å². The average Bonchev–Trinajstić information content (AvgIpc) is 2.18. The van der Waals surface area contributed by atoms with E-state index in [9.17, 15) is 9.00 Å². The van der Waals surface area contributed by atoms with Crippen LogP contribution in [0.15, 0.2) is 23.1 Å². The van der Waals surface area contributed by atoms with E-state index in [1.54, 1.807) is 18.2 Å². The molecule has 3 N–H and O–H groups in total. The van der Waals surface area contributed by atoms with Gasteiger partial charge in [0.1, 0.15) is 5.75 Å². The highest BCUT2D eigenvalue weighted by Gasteiger charge is 2.17. The lowest BCUT2D eigenvalue weighted by Gasteiger charge is -2.20. The smallest absolute Gasteiger partial charge is 0.233 e. The second-order valence-electron chi connectivity index (χ2n) is 5.26. The normalized spacial score (nSPS) is 13.1. The van der Waals surface area contributed by atoms with E-state index in [2.05, 4.69) is 5.32 Å². The van der Waals surface area contributed by atoms with Crippen molar-refractivity contribution in [2.24, 2.45) is 0 Å². The number of rotatable bonds is 3. The molecule has 0 bridgehead atoms. The van der Waals surface area contributed by atoms with Crippen LogP contribution in [-0.4, -0.2) is 21.4 Å². The Morgan fingerprint density at radius 3 is 2.56 bits per heavy atom. The zero-order valence-corrected chi connectivity index (χ0v) is 12.1. The molecule has 1 rings (SSSR count). The Morgan fingerprint density at radius 2 is 2.00 bits per heavy atom. The molecule has 0 saturated heterocycles. The molecule has 5 heteroatoms. The minimum absolute atomic E-state index is 0.0401. The van der Waals surface area contributed by atoms with Gasteiger partial charge in [-0.15, -0.1) is 0 Å². The zero-order chi connectivity index (χ0) is 13.9. The Kier molecular flexibility index (Phi) is 4.51. The van der Waals surface area contributed by atoms with Crippen LogP contribution in [0.25, 0.3) is 0 Å². The number of anilines is 1. The first kappa shape index (κ1) is 14.7. The lowest BCUT2D eigenvalue weighted by atomic mass is 10.1. The summed E-state index contributed by atoms with van der Waals surface area (Å²) in [5, 5.41) is 2.79. The summed E-state index contributed by atoms with van der Waals surface area (Å²) in [6.45, 7) is 7.48. The molecule has 0 aliphatic carbocycles. The Bertz CT molecular complexity index is 478. The van der Waals surface area contributed by atoms with Crippen molar-refractivity contribution >= 4 is 22.4 Å². The largest absolute Gasteiger partial charge is 0.398 e. The molecule has 1 aromatic carbocycles. The Balaban J connectivity index is 2.78. The number of carbonyl (C=O) groups is 1. The van der Waals surface area contributed by atoms with E-state index in [1.165, 1.54) is 0 Å². The van der Waals surface area contributed by atoms with Gasteiger partial charge in [0.15, 0.2) is 0 Å². The van der Waals surface area contributed by atoms with Crippen molar-refractivity contribution in [3.8, 4) is 0 Å². The summed E-state index contributed by atoms with van der Waals surface area (Å²) in [5.41, 5.74) is 6.81. The van der Waals surface area contributed by atoms with Gasteiger partial charge >= 0.3 is 0 Å². The van der Waals surface area contributed by atoms with E-state index in [-0.39, 0.29) is 17.2 Å². The molecule has 4 nitrogen and oxygen atoms in total. The summed E-state index contributed by atoms with van der Waals surface area (Å²) in [4.78, 5) is 12.3. The topological polar surface area (TPSA) is 72.2 Å². The van der Waals surface area contributed by atoms with Crippen molar-refractivity contribution in [2.45, 2.75) is 38.1 Å². The predicted molar refractivity (Wildman–Crippen MR) is 74.8 cm³/mol. The van der Waals surface area contributed by atoms with Crippen LogP contribution >= 0.6 is 0 Å². The van der Waals surface area contributed by atoms with Crippen molar-refractivity contribution in [1.29, 1.82) is 0 Å². The van der Waals surface area contributed by atoms with Gasteiger partial charge in [-0.3, -0.25) is 9.00 Å². The second-order valence-corrected chi connectivity index (χ2v) is 6.68. The Morgan fingerprint density at radius 1 is 1.39 bits per heavy atom. The molecule has 0 aromatic heterocycles. The SMILES string of the molecule is Cc1c(N)cccc1S(=O)CC(=O)NC(C)(C)C. The molecule has 1 aromatic rings. The third-order valence-electron chi connectivity index (χ3n) is 2.35. The zero-order valence-electron chi connectivity index (χ0n) is 11.2. The summed E-state index contributed by atoms with van der Waals surface area (Å²) >= 11 is 0. The number of nitrogens with one attached hydrogen (secondary N) is 1. The fourth-order valence-electron chi connectivity index (χ4n) is 1.53. The molecule has 0 heterocycles. The molecule has 0 spiro atoms. The van der Waals surface area contributed by atoms with Crippen LogP contribution in [0.4, 0.5) is 5.69 Å². The Hall–Kier alpha value is -1.36. The molecule has 0 aliphatic rings. The molecule has 0 radical (unpaired) electrons. The quantitative estimate of drug-likeness (QED) is 0.818. The lowest BCUT2D eigenvalue weighted by molar-refractivity contribution is -0.119. The van der Waals surface area contributed by atoms with Crippen molar-refractivity contribution in [3.63, 3.8) is 0 Å². The van der Waals surface area contributed by atoms with Crippen LogP contribution in [-0.2, 0) is 15.6 Å². The Labute approximate surface area is 110 Å². The summed E-state index contributed by atoms with van der Waals surface area (Å²) < 4.78 is 12.1. The fraction of sp³-hybridized carbons (Fsp3) is 0.462. The number of nitrogen functional groups attached to an aromatic ring is 1. The van der Waals surface area contributed by atoms with Crippen LogP contribution in [0.2, 0.25) is 0 Å². The van der Waals surface area contributed by atoms with Crippen molar-refractivity contribution in [3.05, 3.63) is 23.8 Å². The van der Waals surface area contributed by atoms with Crippen molar-refractivity contribution in [1.82, 2.24) is 5.32 Å². The number of carbonyl (C=O) groups excluding carboxylic acids is 1. The molecular formula is C13H20N2O2S. The highest BCUT2D eigenvalue weighted by atomic mass is 32.2. The maximum atomic E-state index is 12.1. The first-order chi connectivity index (χ1) is 8.20. The number of nitrogens with two attached hydrogens (primary N) is 1. The highest BCUT2D eigenvalue weighted by molar-refractivity contribution is 7.85. The minimum atomic E-state index is -1.36. The van der Waals surface area contributed by atoms with Gasteiger partial charge in [0.25, 0.3) is 0 Å². The van der Waals surface area contributed by atoms with Gasteiger partial charge in [-0.25, -0.2) is 0 Å². The van der Waals surface area contributed by atoms with Gasteiger partial charge in [-0.05, 0) is 45.4 Å². The van der Waals surface area contributed by atoms with Gasteiger partial charge < -0.3 is 11.1 Å². The van der Waals surface area contributed by atoms with E-state index < -0.39 is 10.8 Å². The molecule has 0 saturated carbocycles. The van der Waals surface area contributed by atoms with E-state index in [1.807, 2.05) is 27.7 Å². The fourth-order valence-corrected chi connectivity index (χ4v) is 2.68. The molecule has 18 heavy (non-hydrogen) atoms. The van der Waals surface area contributed by atoms with Crippen LogP contribution in [0.5, 0.6) is 0 Å². The number of benzene rings is 1. The van der Waals surface area contributed by atoms with E-state index >= 15 is 0 Å². The van der Waals surface area contributed by atoms with E-state index in [0.29, 0.717) is 10.6 Å². The monoisotopic (exact) mass is 268 g/mol. The average molecular weight is 268 g/mol. The maximum absolute atomic E-state index is 12.1. The van der Waals surface area contributed by atoms with Crippen LogP contribution in [0.1, 0.15) is 26.3 Å². The lowest BCUT2D eigenvalue weighted by Crippen LogP contribution is -2.42. The first-order valence-corrected chi connectivity index (χ1v) is 7.07. The summed E-state index contributed by atoms with van der Waals surface area (Å²) in [6.07, 6.45) is 0. The molecule has 0 aliphatic heterocycles. The molecule has 1 atom stereocenters. The third kappa shape index (κ3) is 4.14. The molecule has 100 valence electrons. The molecule has 1 unspecified atom stereocenters. The van der Waals surface area contributed by atoms with Gasteiger partial charge in [-0.1, -0.05) is 6.07 Å². The summed E-state index contributed by atoms with van der Waals surface area (Å²) in [5.74, 6) is -0.260. The van der Waals surface area contributed by atoms with Crippen molar-refractivity contribution < 1.29 is 9.00 Å². The second kappa shape index (κ2) is 5.52. The number of amides is 1. The third-order valence-corrected chi connectivity index (χ3v) is 3.81. The van der Waals surface area contributed by atoms with Crippen molar-refractivity contribution in [2.75, 3.05) is 11.5 Å². The van der Waals surface area contributed by atoms with Gasteiger partial charge in [0.2, 0.25) is 5.91 Å². The summed E-state index contributed by atoms with van der Waals surface area (Å²) in [6, 6.07) is 5.24. The highest BCUT2D eigenvalue weighted by Crippen LogP contribution is 2.19. The number of hydrogen-bond donors (Lipinski definition) is 2. The first-order valence-electron chi connectivity index (χ1n) is 5.75. The van der Waals surface area contributed by atoms with E-state index in [4.69, 9.17) is 5.73 Å². The van der Waals surface area contributed by atoms with Crippen LogP contribution in [0.3, 0.4) is 0 Å². The number of hydrogen-bond acceptors (Lipinski definition) is 3. The maximum Gasteiger partial charge on any atom is 0.233 e. The summed E-state index contributed by atoms with van der Waals surface area (Å²) in [7, 11) is -1.36. The van der Waals surface area contributed by atoms with Gasteiger partial charge in [-0.2, -0.15) is 0 Å². The molecular weight excluding hydrogens is 248 g/mol. The van der Waals surface area contributed by atoms with Crippen LogP contribution < -0.4 is 11.1 Å². The van der Waals surface area contributed by atoms with Gasteiger partial charge in [0, 0.05) is 16.1 Å². The van der Waals surface area contributed by atoms with Crippen LogP contribution in [0, 0.1) is 6.92 Å². The minimum Gasteiger partial charge on any atom is -0.398 e. The molecule has 1 amide bonds.